The Balaban J connectivity index is 1.80. The van der Waals surface area contributed by atoms with Crippen LogP contribution < -0.4 is 11.5 Å². The Morgan fingerprint density at radius 3 is 1.87 bits per heavy atom. The molecule has 1 atom stereocenters. The molecule has 0 fully saturated rings. The average molecular weight is 302 g/mol. The Kier molecular flexibility index (Phi) is 4.50. The molecule has 1 unspecified atom stereocenters. The molecular weight excluding hydrogens is 282 g/mol. The Morgan fingerprint density at radius 2 is 1.26 bits per heavy atom. The van der Waals surface area contributed by atoms with E-state index in [1.54, 1.807) is 0 Å². The summed E-state index contributed by atoms with van der Waals surface area (Å²) in [7, 11) is 0. The molecule has 0 bridgehead atoms. The van der Waals surface area contributed by atoms with Gasteiger partial charge in [-0.25, -0.2) is 4.99 Å². The highest BCUT2D eigenvalue weighted by Crippen LogP contribution is 2.19. The maximum atomic E-state index is 6.13. The molecule has 5 N–H and O–H groups in total. The van der Waals surface area contributed by atoms with E-state index in [0.717, 1.165) is 16.7 Å². The molecule has 0 aliphatic rings. The van der Waals surface area contributed by atoms with Gasteiger partial charge in [-0.1, -0.05) is 84.9 Å². The minimum absolute atomic E-state index is 0.204. The molecule has 3 heteroatoms. The van der Waals surface area contributed by atoms with Gasteiger partial charge in [-0.05, 0) is 11.1 Å². The summed E-state index contributed by atoms with van der Waals surface area (Å²) in [4.78, 5) is 4.50. The van der Waals surface area contributed by atoms with Crippen molar-refractivity contribution in [2.24, 2.45) is 10.7 Å². The normalized spacial score (nSPS) is 12.8. The maximum Gasteiger partial charge on any atom is 0.206 e. The monoisotopic (exact) mass is 302 g/mol. The number of aliphatic imine (C=N–C) groups is 1. The van der Waals surface area contributed by atoms with Crippen LogP contribution in [0, 0.1) is 0 Å². The van der Waals surface area contributed by atoms with Gasteiger partial charge < -0.3 is 11.5 Å². The minimum atomic E-state index is -0.204. The van der Waals surface area contributed by atoms with Gasteiger partial charge in [-0.15, -0.1) is 0 Å². The largest absolute Gasteiger partial charge is 0.383 e. The lowest BCUT2D eigenvalue weighted by atomic mass is 10.0. The molecule has 0 aliphatic carbocycles. The first-order chi connectivity index (χ1) is 11.2. The van der Waals surface area contributed by atoms with Gasteiger partial charge in [0.15, 0.2) is 0 Å². The zero-order valence-corrected chi connectivity index (χ0v) is 12.9. The van der Waals surface area contributed by atoms with Gasteiger partial charge >= 0.3 is 0 Å². The Bertz CT molecular complexity index is 778. The zero-order chi connectivity index (χ0) is 16.1. The highest BCUT2D eigenvalue weighted by atomic mass is 15.0. The average Bonchev–Trinajstić information content (AvgIpc) is 2.63. The van der Waals surface area contributed by atoms with Gasteiger partial charge in [0.1, 0.15) is 5.84 Å². The summed E-state index contributed by atoms with van der Waals surface area (Å²) >= 11 is 0. The summed E-state index contributed by atoms with van der Waals surface area (Å²) < 4.78 is 0. The van der Waals surface area contributed by atoms with E-state index in [4.69, 9.17) is 5.73 Å². The number of nitrogens with two attached hydrogens (primary N) is 1. The first kappa shape index (κ1) is 15.0. The topological polar surface area (TPSA) is 66.0 Å². The van der Waals surface area contributed by atoms with Crippen molar-refractivity contribution in [1.29, 1.82) is 0 Å². The molecule has 3 aromatic rings. The first-order valence-electron chi connectivity index (χ1n) is 7.61. The van der Waals surface area contributed by atoms with Gasteiger partial charge in [0.25, 0.3) is 0 Å². The number of amidine groups is 1. The van der Waals surface area contributed by atoms with Crippen molar-refractivity contribution in [3.05, 3.63) is 96.1 Å². The van der Waals surface area contributed by atoms with Crippen LogP contribution in [0.5, 0.6) is 0 Å². The molecule has 0 heterocycles. The van der Waals surface area contributed by atoms with Crippen LogP contribution >= 0.6 is 0 Å². The molecule has 3 nitrogen and oxygen atoms in total. The summed E-state index contributed by atoms with van der Waals surface area (Å²) in [6.45, 7) is 0. The lowest BCUT2D eigenvalue weighted by Gasteiger charge is -2.07. The molecule has 23 heavy (non-hydrogen) atoms. The number of rotatable bonds is 4. The van der Waals surface area contributed by atoms with Crippen LogP contribution in [0.1, 0.15) is 17.3 Å². The van der Waals surface area contributed by atoms with E-state index >= 15 is 0 Å². The predicted octanol–water partition coefficient (Wildman–Crippen LogP) is 3.00. The van der Waals surface area contributed by atoms with Crippen LogP contribution in [-0.4, -0.2) is 5.84 Å². The minimum Gasteiger partial charge on any atom is -0.383 e. The SMILES string of the molecule is NC(=NC([NH3+])c1ccccc1)c1ccc(-c2ccccc2)cc1. The standard InChI is InChI=1S/C20H19N3/c21-19(17-9-5-2-6-10-17)23-20(22)18-13-11-16(12-14-18)15-7-3-1-4-8-15/h1-14,19H,21H2,(H2,22,23)/p+1. The predicted molar refractivity (Wildman–Crippen MR) is 94.7 cm³/mol. The third kappa shape index (κ3) is 3.65. The van der Waals surface area contributed by atoms with E-state index in [2.05, 4.69) is 35.0 Å². The van der Waals surface area contributed by atoms with E-state index in [1.807, 2.05) is 60.7 Å². The molecule has 114 valence electrons. The fourth-order valence-electron chi connectivity index (χ4n) is 2.46. The molecule has 0 aromatic heterocycles. The van der Waals surface area contributed by atoms with E-state index in [-0.39, 0.29) is 6.17 Å². The Morgan fingerprint density at radius 1 is 0.739 bits per heavy atom. The molecule has 3 aromatic carbocycles. The van der Waals surface area contributed by atoms with Crippen molar-refractivity contribution in [3.63, 3.8) is 0 Å². The first-order valence-corrected chi connectivity index (χ1v) is 7.61. The van der Waals surface area contributed by atoms with Crippen molar-refractivity contribution in [2.45, 2.75) is 6.17 Å². The maximum absolute atomic E-state index is 6.13. The Labute approximate surface area is 136 Å². The number of hydrogen-bond donors (Lipinski definition) is 2. The van der Waals surface area contributed by atoms with Crippen LogP contribution in [0.15, 0.2) is 89.9 Å². The van der Waals surface area contributed by atoms with Crippen LogP contribution in [0.3, 0.4) is 0 Å². The summed E-state index contributed by atoms with van der Waals surface area (Å²) in [5, 5.41) is 0. The molecule has 3 rings (SSSR count). The van der Waals surface area contributed by atoms with Crippen LogP contribution in [0.2, 0.25) is 0 Å². The lowest BCUT2D eigenvalue weighted by molar-refractivity contribution is -0.423. The van der Waals surface area contributed by atoms with Crippen LogP contribution in [-0.2, 0) is 0 Å². The van der Waals surface area contributed by atoms with Gasteiger partial charge in [0.2, 0.25) is 6.17 Å². The second kappa shape index (κ2) is 6.90. The molecule has 0 spiro atoms. The quantitative estimate of drug-likeness (QED) is 0.564. The van der Waals surface area contributed by atoms with Gasteiger partial charge in [-0.2, -0.15) is 0 Å². The second-order valence-electron chi connectivity index (χ2n) is 5.38. The number of hydrogen-bond acceptors (Lipinski definition) is 1. The third-order valence-electron chi connectivity index (χ3n) is 3.77. The third-order valence-corrected chi connectivity index (χ3v) is 3.77. The van der Waals surface area contributed by atoms with E-state index in [9.17, 15) is 0 Å². The van der Waals surface area contributed by atoms with E-state index in [0.29, 0.717) is 5.84 Å². The summed E-state index contributed by atoms with van der Waals surface area (Å²) in [6, 6.07) is 28.3. The molecule has 0 radical (unpaired) electrons. The molecule has 0 saturated carbocycles. The summed E-state index contributed by atoms with van der Waals surface area (Å²) in [5.74, 6) is 0.508. The van der Waals surface area contributed by atoms with E-state index in [1.165, 1.54) is 5.56 Å². The smallest absolute Gasteiger partial charge is 0.206 e. The highest BCUT2D eigenvalue weighted by molar-refractivity contribution is 5.97. The van der Waals surface area contributed by atoms with Crippen molar-refractivity contribution in [2.75, 3.05) is 0 Å². The highest BCUT2D eigenvalue weighted by Gasteiger charge is 2.08. The fraction of sp³-hybridized carbons (Fsp3) is 0.0500. The zero-order valence-electron chi connectivity index (χ0n) is 12.9. The van der Waals surface area contributed by atoms with Gasteiger partial charge in [-0.3, -0.25) is 0 Å². The fourth-order valence-corrected chi connectivity index (χ4v) is 2.46. The van der Waals surface area contributed by atoms with Crippen LogP contribution in [0.25, 0.3) is 11.1 Å². The number of quaternary nitrogens is 1. The van der Waals surface area contributed by atoms with Crippen LogP contribution in [0.4, 0.5) is 0 Å². The van der Waals surface area contributed by atoms with Crippen molar-refractivity contribution < 1.29 is 5.73 Å². The number of benzene rings is 3. The second-order valence-corrected chi connectivity index (χ2v) is 5.38. The van der Waals surface area contributed by atoms with Crippen molar-refractivity contribution in [1.82, 2.24) is 0 Å². The van der Waals surface area contributed by atoms with Crippen molar-refractivity contribution in [3.8, 4) is 11.1 Å². The summed E-state index contributed by atoms with van der Waals surface area (Å²) in [5.41, 5.74) is 14.5. The lowest BCUT2D eigenvalue weighted by Crippen LogP contribution is -2.53. The molecular formula is C20H20N3+. The van der Waals surface area contributed by atoms with Gasteiger partial charge in [0, 0.05) is 11.1 Å². The molecule has 0 amide bonds. The van der Waals surface area contributed by atoms with E-state index < -0.39 is 0 Å². The number of nitrogens with zero attached hydrogens (tertiary/aromatic N) is 1. The van der Waals surface area contributed by atoms with Gasteiger partial charge in [0.05, 0.1) is 0 Å². The molecule has 0 saturated heterocycles. The van der Waals surface area contributed by atoms with Crippen molar-refractivity contribution >= 4 is 5.84 Å². The summed E-state index contributed by atoms with van der Waals surface area (Å²) in [6.07, 6.45) is -0.204. The Hall–Kier alpha value is -2.91. The molecule has 0 aliphatic heterocycles.